The van der Waals surface area contributed by atoms with E-state index >= 15 is 0 Å². The van der Waals surface area contributed by atoms with Crippen LogP contribution < -0.4 is 5.32 Å². The van der Waals surface area contributed by atoms with Crippen LogP contribution in [0.4, 0.5) is 5.13 Å². The number of carbonyl (C=O) groups excluding carboxylic acids is 2. The van der Waals surface area contributed by atoms with Gasteiger partial charge in [-0.1, -0.05) is 18.2 Å². The third-order valence-corrected chi connectivity index (χ3v) is 5.91. The quantitative estimate of drug-likeness (QED) is 0.533. The molecule has 3 aromatic heterocycles. The van der Waals surface area contributed by atoms with Crippen molar-refractivity contribution in [2.45, 2.75) is 18.9 Å². The van der Waals surface area contributed by atoms with Crippen molar-refractivity contribution >= 4 is 39.2 Å². The summed E-state index contributed by atoms with van der Waals surface area (Å²) >= 11 is 1.37. The van der Waals surface area contributed by atoms with Gasteiger partial charge in [-0.3, -0.25) is 9.59 Å². The van der Waals surface area contributed by atoms with Crippen LogP contribution in [-0.4, -0.2) is 39.3 Å². The van der Waals surface area contributed by atoms with Crippen molar-refractivity contribution in [1.82, 2.24) is 14.9 Å². The van der Waals surface area contributed by atoms with Gasteiger partial charge in [0.25, 0.3) is 5.91 Å². The Balaban J connectivity index is 1.33. The predicted octanol–water partition coefficient (Wildman–Crippen LogP) is 4.13. The number of thiazole rings is 1. The van der Waals surface area contributed by atoms with Crippen molar-refractivity contribution in [1.29, 1.82) is 0 Å². The van der Waals surface area contributed by atoms with E-state index in [1.54, 1.807) is 17.0 Å². The number of hydrogen-bond acceptors (Lipinski definition) is 5. The van der Waals surface area contributed by atoms with E-state index in [-0.39, 0.29) is 17.6 Å². The van der Waals surface area contributed by atoms with Crippen molar-refractivity contribution < 1.29 is 14.0 Å². The summed E-state index contributed by atoms with van der Waals surface area (Å²) in [5, 5.41) is 6.41. The first-order chi connectivity index (χ1) is 14.2. The van der Waals surface area contributed by atoms with Gasteiger partial charge in [-0.15, -0.1) is 11.3 Å². The number of hydrogen-bond donors (Lipinski definition) is 2. The number of amides is 2. The molecule has 1 fully saturated rings. The number of benzene rings is 1. The molecule has 1 saturated heterocycles. The number of rotatable bonds is 4. The minimum atomic E-state index is -0.520. The molecule has 8 heteroatoms. The molecular formula is C21H18N4O3S. The number of aromatic amines is 1. The highest BCUT2D eigenvalue weighted by Crippen LogP contribution is 2.31. The summed E-state index contributed by atoms with van der Waals surface area (Å²) in [6.07, 6.45) is 4.79. The van der Waals surface area contributed by atoms with Gasteiger partial charge in [-0.05, 0) is 31.0 Å². The van der Waals surface area contributed by atoms with Gasteiger partial charge in [-0.25, -0.2) is 4.98 Å². The zero-order valence-electron chi connectivity index (χ0n) is 15.4. The third kappa shape index (κ3) is 3.21. The van der Waals surface area contributed by atoms with Gasteiger partial charge in [-0.2, -0.15) is 0 Å². The lowest BCUT2D eigenvalue weighted by Gasteiger charge is -2.22. The summed E-state index contributed by atoms with van der Waals surface area (Å²) in [7, 11) is 0. The Kier molecular flexibility index (Phi) is 4.40. The minimum absolute atomic E-state index is 0.220. The van der Waals surface area contributed by atoms with E-state index in [1.807, 2.05) is 35.8 Å². The first-order valence-electron chi connectivity index (χ1n) is 9.38. The van der Waals surface area contributed by atoms with E-state index in [0.29, 0.717) is 18.1 Å². The molecule has 4 aromatic rings. The van der Waals surface area contributed by atoms with E-state index in [4.69, 9.17) is 4.42 Å². The summed E-state index contributed by atoms with van der Waals surface area (Å²) in [4.78, 5) is 34.8. The Labute approximate surface area is 170 Å². The van der Waals surface area contributed by atoms with Gasteiger partial charge >= 0.3 is 0 Å². The second-order valence-electron chi connectivity index (χ2n) is 6.91. The molecule has 4 heterocycles. The van der Waals surface area contributed by atoms with Gasteiger partial charge in [0.2, 0.25) is 5.91 Å². The molecule has 1 atom stereocenters. The van der Waals surface area contributed by atoms with Gasteiger partial charge < -0.3 is 19.6 Å². The van der Waals surface area contributed by atoms with Crippen LogP contribution in [0.15, 0.2) is 58.7 Å². The predicted molar refractivity (Wildman–Crippen MR) is 111 cm³/mol. The number of H-pyrrole nitrogens is 1. The fraction of sp³-hybridized carbons (Fsp3) is 0.190. The zero-order chi connectivity index (χ0) is 19.8. The van der Waals surface area contributed by atoms with Crippen molar-refractivity contribution in [3.05, 3.63) is 60.0 Å². The third-order valence-electron chi connectivity index (χ3n) is 5.15. The van der Waals surface area contributed by atoms with Crippen LogP contribution in [0.1, 0.15) is 23.4 Å². The second-order valence-corrected chi connectivity index (χ2v) is 7.77. The second kappa shape index (κ2) is 7.21. The Hall–Kier alpha value is -3.39. The highest BCUT2D eigenvalue weighted by Gasteiger charge is 2.35. The van der Waals surface area contributed by atoms with E-state index in [1.165, 1.54) is 17.6 Å². The van der Waals surface area contributed by atoms with Gasteiger partial charge in [0.05, 0.1) is 12.0 Å². The van der Waals surface area contributed by atoms with E-state index in [2.05, 4.69) is 15.3 Å². The maximum absolute atomic E-state index is 12.8. The summed E-state index contributed by atoms with van der Waals surface area (Å²) < 4.78 is 5.20. The molecule has 0 radical (unpaired) electrons. The Morgan fingerprint density at radius 2 is 2.14 bits per heavy atom. The molecule has 0 bridgehead atoms. The van der Waals surface area contributed by atoms with Crippen molar-refractivity contribution in [2.24, 2.45) is 0 Å². The van der Waals surface area contributed by atoms with Gasteiger partial charge in [0.15, 0.2) is 10.9 Å². The molecule has 0 saturated carbocycles. The molecule has 0 aliphatic carbocycles. The number of likely N-dealkylation sites (tertiary alicyclic amines) is 1. The number of nitrogens with zero attached hydrogens (tertiary/aromatic N) is 2. The molecule has 0 spiro atoms. The molecule has 1 unspecified atom stereocenters. The standard InChI is InChI=1S/C21H18N4O3S/c26-19(17-7-3-9-25(17)20(27)18-8-4-10-28-18)24-21-23-16(12-29-21)14-11-22-15-6-2-1-5-13(14)15/h1-2,4-6,8,10-12,17,22H,3,7,9H2,(H,23,24,26). The van der Waals surface area contributed by atoms with Crippen LogP contribution in [0, 0.1) is 0 Å². The normalized spacial score (nSPS) is 16.4. The van der Waals surface area contributed by atoms with Crippen LogP contribution in [-0.2, 0) is 4.79 Å². The van der Waals surface area contributed by atoms with Crippen molar-refractivity contribution in [3.8, 4) is 11.3 Å². The Bertz CT molecular complexity index is 1180. The fourth-order valence-electron chi connectivity index (χ4n) is 3.75. The molecule has 1 aliphatic heterocycles. The molecule has 29 heavy (non-hydrogen) atoms. The average Bonchev–Trinajstić information content (AvgIpc) is 3.53. The number of para-hydroxylation sites is 1. The molecule has 1 aliphatic rings. The van der Waals surface area contributed by atoms with Crippen LogP contribution in [0.2, 0.25) is 0 Å². The molecule has 7 nitrogen and oxygen atoms in total. The highest BCUT2D eigenvalue weighted by atomic mass is 32.1. The molecule has 5 rings (SSSR count). The largest absolute Gasteiger partial charge is 0.459 e. The van der Waals surface area contributed by atoms with E-state index in [0.717, 1.165) is 28.6 Å². The highest BCUT2D eigenvalue weighted by molar-refractivity contribution is 7.14. The van der Waals surface area contributed by atoms with Crippen molar-refractivity contribution in [2.75, 3.05) is 11.9 Å². The molecular weight excluding hydrogens is 388 g/mol. The SMILES string of the molecule is O=C(Nc1nc(-c2c[nH]c3ccccc23)cs1)C1CCCN1C(=O)c1ccco1. The number of fused-ring (bicyclic) bond motifs is 1. The van der Waals surface area contributed by atoms with Crippen LogP contribution in [0.25, 0.3) is 22.2 Å². The number of aromatic nitrogens is 2. The maximum Gasteiger partial charge on any atom is 0.290 e. The molecule has 146 valence electrons. The van der Waals surface area contributed by atoms with Crippen molar-refractivity contribution in [3.63, 3.8) is 0 Å². The molecule has 2 amide bonds. The smallest absolute Gasteiger partial charge is 0.290 e. The number of furan rings is 1. The Morgan fingerprint density at radius 3 is 3.00 bits per heavy atom. The van der Waals surface area contributed by atoms with Gasteiger partial charge in [0.1, 0.15) is 6.04 Å². The first kappa shape index (κ1) is 17.7. The topological polar surface area (TPSA) is 91.2 Å². The lowest BCUT2D eigenvalue weighted by Crippen LogP contribution is -2.43. The van der Waals surface area contributed by atoms with E-state index in [9.17, 15) is 9.59 Å². The van der Waals surface area contributed by atoms with Crippen LogP contribution in [0.3, 0.4) is 0 Å². The lowest BCUT2D eigenvalue weighted by atomic mass is 10.1. The zero-order valence-corrected chi connectivity index (χ0v) is 16.2. The first-order valence-corrected chi connectivity index (χ1v) is 10.3. The van der Waals surface area contributed by atoms with Gasteiger partial charge in [0, 0.05) is 34.6 Å². The summed E-state index contributed by atoms with van der Waals surface area (Å²) in [6, 6.07) is 10.8. The monoisotopic (exact) mass is 406 g/mol. The van der Waals surface area contributed by atoms with Crippen LogP contribution >= 0.6 is 11.3 Å². The average molecular weight is 406 g/mol. The lowest BCUT2D eigenvalue weighted by molar-refractivity contribution is -0.119. The number of anilines is 1. The number of carbonyl (C=O) groups is 2. The minimum Gasteiger partial charge on any atom is -0.459 e. The summed E-state index contributed by atoms with van der Waals surface area (Å²) in [6.45, 7) is 0.538. The summed E-state index contributed by atoms with van der Waals surface area (Å²) in [5.41, 5.74) is 2.84. The number of nitrogens with one attached hydrogen (secondary N) is 2. The molecule has 2 N–H and O–H groups in total. The fourth-order valence-corrected chi connectivity index (χ4v) is 4.46. The van der Waals surface area contributed by atoms with Crippen LogP contribution in [0.5, 0.6) is 0 Å². The maximum atomic E-state index is 12.8. The summed E-state index contributed by atoms with van der Waals surface area (Å²) in [5.74, 6) is -0.228. The van der Waals surface area contributed by atoms with E-state index < -0.39 is 6.04 Å². The Morgan fingerprint density at radius 1 is 1.24 bits per heavy atom. The molecule has 1 aromatic carbocycles.